The van der Waals surface area contributed by atoms with Crippen molar-refractivity contribution in [3.05, 3.63) is 65.2 Å². The monoisotopic (exact) mass is 364 g/mol. The maximum atomic E-state index is 12.5. The number of amides is 2. The Balaban J connectivity index is 2.00. The number of alkyl halides is 3. The van der Waals surface area contributed by atoms with Gasteiger partial charge < -0.3 is 10.6 Å². The fourth-order valence-electron chi connectivity index (χ4n) is 2.12. The van der Waals surface area contributed by atoms with Crippen LogP contribution in [0.15, 0.2) is 48.5 Å². The first-order chi connectivity index (χ1) is 12.2. The summed E-state index contributed by atoms with van der Waals surface area (Å²) in [6, 6.07) is 10.2. The van der Waals surface area contributed by atoms with Crippen molar-refractivity contribution < 1.29 is 22.8 Å². The largest absolute Gasteiger partial charge is 0.416 e. The normalized spacial score (nSPS) is 11.3. The molecule has 0 heterocycles. The van der Waals surface area contributed by atoms with Gasteiger partial charge in [-0.15, -0.1) is 0 Å². The lowest BCUT2D eigenvalue weighted by Gasteiger charge is -2.10. The third-order valence-electron chi connectivity index (χ3n) is 3.55. The first-order valence-corrected chi connectivity index (χ1v) is 8.03. The molecule has 0 atom stereocenters. The second-order valence-corrected chi connectivity index (χ2v) is 6.21. The number of hydrogen-bond donors (Lipinski definition) is 2. The Hall–Kier alpha value is -2.83. The zero-order valence-corrected chi connectivity index (χ0v) is 14.4. The fraction of sp³-hybridized carbons (Fsp3) is 0.263. The van der Waals surface area contributed by atoms with Crippen LogP contribution in [0, 0.1) is 5.92 Å². The molecule has 4 nitrogen and oxygen atoms in total. The van der Waals surface area contributed by atoms with E-state index in [2.05, 4.69) is 10.6 Å². The molecule has 0 aromatic heterocycles. The number of hydrogen-bond acceptors (Lipinski definition) is 2. The van der Waals surface area contributed by atoms with Crippen molar-refractivity contribution in [3.63, 3.8) is 0 Å². The van der Waals surface area contributed by atoms with Crippen LogP contribution in [0.1, 0.15) is 40.1 Å². The van der Waals surface area contributed by atoms with Crippen molar-refractivity contribution in [2.45, 2.75) is 20.0 Å². The van der Waals surface area contributed by atoms with E-state index in [1.165, 1.54) is 36.4 Å². The minimum Gasteiger partial charge on any atom is -0.352 e. The number of carbonyl (C=O) groups is 2. The van der Waals surface area contributed by atoms with E-state index in [1.807, 2.05) is 13.8 Å². The van der Waals surface area contributed by atoms with Crippen molar-refractivity contribution in [1.82, 2.24) is 5.32 Å². The predicted octanol–water partition coefficient (Wildman–Crippen LogP) is 4.34. The molecule has 2 aromatic carbocycles. The standard InChI is InChI=1S/C19H19F3N2O2/c1-12(2)11-23-17(25)13-3-5-14(6-4-13)18(26)24-16-9-7-15(8-10-16)19(20,21)22/h3-10,12H,11H2,1-2H3,(H,23,25)(H,24,26). The molecular weight excluding hydrogens is 345 g/mol. The van der Waals surface area contributed by atoms with Crippen molar-refractivity contribution in [3.8, 4) is 0 Å². The second-order valence-electron chi connectivity index (χ2n) is 6.21. The molecule has 0 aliphatic rings. The molecule has 0 fully saturated rings. The van der Waals surface area contributed by atoms with E-state index in [0.29, 0.717) is 23.6 Å². The van der Waals surface area contributed by atoms with E-state index >= 15 is 0 Å². The minimum atomic E-state index is -4.42. The molecule has 0 aliphatic carbocycles. The van der Waals surface area contributed by atoms with Gasteiger partial charge in [-0.1, -0.05) is 13.8 Å². The molecule has 0 unspecified atom stereocenters. The van der Waals surface area contributed by atoms with Crippen molar-refractivity contribution in [2.75, 3.05) is 11.9 Å². The van der Waals surface area contributed by atoms with Gasteiger partial charge in [0.1, 0.15) is 0 Å². The molecule has 0 bridgehead atoms. The zero-order chi connectivity index (χ0) is 19.3. The summed E-state index contributed by atoms with van der Waals surface area (Å²) in [5.41, 5.74) is 0.191. The van der Waals surface area contributed by atoms with Crippen LogP contribution in [-0.2, 0) is 6.18 Å². The molecule has 26 heavy (non-hydrogen) atoms. The SMILES string of the molecule is CC(C)CNC(=O)c1ccc(C(=O)Nc2ccc(C(F)(F)F)cc2)cc1. The van der Waals surface area contributed by atoms with Crippen LogP contribution in [0.4, 0.5) is 18.9 Å². The molecule has 0 radical (unpaired) electrons. The number of benzene rings is 2. The Labute approximate surface area is 149 Å². The van der Waals surface area contributed by atoms with Gasteiger partial charge in [0.15, 0.2) is 0 Å². The van der Waals surface area contributed by atoms with Crippen LogP contribution >= 0.6 is 0 Å². The zero-order valence-electron chi connectivity index (χ0n) is 14.4. The number of anilines is 1. The summed E-state index contributed by atoms with van der Waals surface area (Å²) >= 11 is 0. The number of halogens is 3. The average Bonchev–Trinajstić information content (AvgIpc) is 2.59. The maximum Gasteiger partial charge on any atom is 0.416 e. The fourth-order valence-corrected chi connectivity index (χ4v) is 2.12. The van der Waals surface area contributed by atoms with E-state index in [-0.39, 0.29) is 11.6 Å². The van der Waals surface area contributed by atoms with Crippen LogP contribution in [0.2, 0.25) is 0 Å². The Morgan fingerprint density at radius 1 is 0.885 bits per heavy atom. The third-order valence-corrected chi connectivity index (χ3v) is 3.55. The maximum absolute atomic E-state index is 12.5. The molecule has 2 N–H and O–H groups in total. The minimum absolute atomic E-state index is 0.228. The average molecular weight is 364 g/mol. The van der Waals surface area contributed by atoms with Gasteiger partial charge in [-0.25, -0.2) is 0 Å². The predicted molar refractivity (Wildman–Crippen MR) is 93.0 cm³/mol. The summed E-state index contributed by atoms with van der Waals surface area (Å²) in [7, 11) is 0. The third kappa shape index (κ3) is 5.34. The van der Waals surface area contributed by atoms with Gasteiger partial charge in [-0.2, -0.15) is 13.2 Å². The lowest BCUT2D eigenvalue weighted by Crippen LogP contribution is -2.27. The van der Waals surface area contributed by atoms with Crippen LogP contribution in [-0.4, -0.2) is 18.4 Å². The van der Waals surface area contributed by atoms with E-state index in [0.717, 1.165) is 12.1 Å². The van der Waals surface area contributed by atoms with Gasteiger partial charge in [0.05, 0.1) is 5.56 Å². The number of nitrogens with one attached hydrogen (secondary N) is 2. The molecule has 7 heteroatoms. The van der Waals surface area contributed by atoms with Crippen LogP contribution < -0.4 is 10.6 Å². The highest BCUT2D eigenvalue weighted by Gasteiger charge is 2.30. The van der Waals surface area contributed by atoms with Crippen molar-refractivity contribution >= 4 is 17.5 Å². The molecule has 2 amide bonds. The second kappa shape index (κ2) is 8.03. The first-order valence-electron chi connectivity index (χ1n) is 8.03. The van der Waals surface area contributed by atoms with E-state index in [1.54, 1.807) is 0 Å². The quantitative estimate of drug-likeness (QED) is 0.829. The Morgan fingerprint density at radius 3 is 1.85 bits per heavy atom. The van der Waals surface area contributed by atoms with Crippen LogP contribution in [0.25, 0.3) is 0 Å². The Morgan fingerprint density at radius 2 is 1.38 bits per heavy atom. The molecule has 0 saturated carbocycles. The molecule has 0 spiro atoms. The summed E-state index contributed by atoms with van der Waals surface area (Å²) in [6.45, 7) is 4.51. The Kier molecular flexibility index (Phi) is 6.02. The molecule has 2 aromatic rings. The van der Waals surface area contributed by atoms with Gasteiger partial charge in [0, 0.05) is 23.4 Å². The van der Waals surface area contributed by atoms with E-state index in [9.17, 15) is 22.8 Å². The van der Waals surface area contributed by atoms with Crippen molar-refractivity contribution in [2.24, 2.45) is 5.92 Å². The summed E-state index contributed by atoms with van der Waals surface area (Å²) in [5, 5.41) is 5.29. The van der Waals surface area contributed by atoms with Crippen LogP contribution in [0.3, 0.4) is 0 Å². The summed E-state index contributed by atoms with van der Waals surface area (Å²) in [4.78, 5) is 24.1. The van der Waals surface area contributed by atoms with Gasteiger partial charge >= 0.3 is 6.18 Å². The smallest absolute Gasteiger partial charge is 0.352 e. The molecule has 0 saturated heterocycles. The van der Waals surface area contributed by atoms with Gasteiger partial charge in [0.2, 0.25) is 0 Å². The lowest BCUT2D eigenvalue weighted by atomic mass is 10.1. The lowest BCUT2D eigenvalue weighted by molar-refractivity contribution is -0.137. The number of rotatable bonds is 5. The molecule has 0 aliphatic heterocycles. The molecular formula is C19H19F3N2O2. The van der Waals surface area contributed by atoms with Gasteiger partial charge in [-0.05, 0) is 54.4 Å². The Bertz CT molecular complexity index is 767. The van der Waals surface area contributed by atoms with Gasteiger partial charge in [0.25, 0.3) is 11.8 Å². The topological polar surface area (TPSA) is 58.2 Å². The molecule has 2 rings (SSSR count). The summed E-state index contributed by atoms with van der Waals surface area (Å²) in [6.07, 6.45) is -4.42. The first kappa shape index (κ1) is 19.5. The van der Waals surface area contributed by atoms with E-state index < -0.39 is 17.6 Å². The van der Waals surface area contributed by atoms with Crippen molar-refractivity contribution in [1.29, 1.82) is 0 Å². The highest BCUT2D eigenvalue weighted by atomic mass is 19.4. The highest BCUT2D eigenvalue weighted by molar-refractivity contribution is 6.05. The number of carbonyl (C=O) groups excluding carboxylic acids is 2. The summed E-state index contributed by atoms with van der Waals surface area (Å²) in [5.74, 6) is -0.375. The molecule has 138 valence electrons. The van der Waals surface area contributed by atoms with Gasteiger partial charge in [-0.3, -0.25) is 9.59 Å². The highest BCUT2D eigenvalue weighted by Crippen LogP contribution is 2.29. The van der Waals surface area contributed by atoms with Crippen LogP contribution in [0.5, 0.6) is 0 Å². The summed E-state index contributed by atoms with van der Waals surface area (Å²) < 4.78 is 37.6. The van der Waals surface area contributed by atoms with E-state index in [4.69, 9.17) is 0 Å².